The van der Waals surface area contributed by atoms with Crippen molar-refractivity contribution in [1.29, 1.82) is 0 Å². The summed E-state index contributed by atoms with van der Waals surface area (Å²) in [6.07, 6.45) is 4.75. The van der Waals surface area contributed by atoms with Gasteiger partial charge in [0, 0.05) is 18.9 Å². The molecule has 0 aliphatic carbocycles. The van der Waals surface area contributed by atoms with Crippen molar-refractivity contribution in [3.8, 4) is 11.6 Å². The fourth-order valence-corrected chi connectivity index (χ4v) is 1.15. The van der Waals surface area contributed by atoms with E-state index < -0.39 is 0 Å². The zero-order valence-corrected chi connectivity index (χ0v) is 9.35. The van der Waals surface area contributed by atoms with Crippen LogP contribution in [0.3, 0.4) is 0 Å². The van der Waals surface area contributed by atoms with Crippen molar-refractivity contribution < 1.29 is 4.74 Å². The Morgan fingerprint density at radius 3 is 2.44 bits per heavy atom. The molecule has 0 fully saturated rings. The summed E-state index contributed by atoms with van der Waals surface area (Å²) in [7, 11) is 0. The largest absolute Gasteiger partial charge is 0.438 e. The van der Waals surface area contributed by atoms with Crippen molar-refractivity contribution in [2.45, 2.75) is 6.54 Å². The highest BCUT2D eigenvalue weighted by atomic mass is 35.5. The lowest BCUT2D eigenvalue weighted by Crippen LogP contribution is -1.95. The van der Waals surface area contributed by atoms with E-state index in [1.165, 1.54) is 0 Å². The Morgan fingerprint density at radius 2 is 1.88 bits per heavy atom. The molecule has 1 aromatic heterocycles. The summed E-state index contributed by atoms with van der Waals surface area (Å²) in [6, 6.07) is 7.56. The van der Waals surface area contributed by atoms with Crippen LogP contribution in [0.25, 0.3) is 0 Å². The minimum atomic E-state index is 0. The Morgan fingerprint density at radius 1 is 1.12 bits per heavy atom. The van der Waals surface area contributed by atoms with Crippen molar-refractivity contribution >= 4 is 12.4 Å². The first kappa shape index (κ1) is 12.4. The van der Waals surface area contributed by atoms with Gasteiger partial charge >= 0.3 is 0 Å². The average Bonchev–Trinajstić information content (AvgIpc) is 2.31. The standard InChI is InChI=1S/C11H11N3O.ClH/c12-7-9-1-3-10(4-2-9)15-11-8-13-5-6-14-11;/h1-6,8H,7,12H2;1H. The van der Waals surface area contributed by atoms with Crippen molar-refractivity contribution in [1.82, 2.24) is 9.97 Å². The second-order valence-electron chi connectivity index (χ2n) is 2.99. The molecule has 2 aromatic rings. The molecule has 2 rings (SSSR count). The van der Waals surface area contributed by atoms with Crippen LogP contribution in [0, 0.1) is 0 Å². The van der Waals surface area contributed by atoms with Gasteiger partial charge in [0.05, 0.1) is 6.20 Å². The number of rotatable bonds is 3. The van der Waals surface area contributed by atoms with Crippen molar-refractivity contribution in [2.24, 2.45) is 5.73 Å². The van der Waals surface area contributed by atoms with Gasteiger partial charge in [-0.1, -0.05) is 12.1 Å². The van der Waals surface area contributed by atoms with Crippen LogP contribution in [-0.2, 0) is 6.54 Å². The van der Waals surface area contributed by atoms with Crippen LogP contribution in [0.5, 0.6) is 11.6 Å². The molecule has 0 amide bonds. The second-order valence-corrected chi connectivity index (χ2v) is 2.99. The van der Waals surface area contributed by atoms with E-state index in [1.807, 2.05) is 24.3 Å². The van der Waals surface area contributed by atoms with Gasteiger partial charge in [0.2, 0.25) is 5.88 Å². The Kier molecular flexibility index (Phi) is 4.69. The molecule has 0 saturated heterocycles. The molecule has 4 nitrogen and oxygen atoms in total. The fourth-order valence-electron chi connectivity index (χ4n) is 1.15. The molecule has 0 radical (unpaired) electrons. The van der Waals surface area contributed by atoms with Gasteiger partial charge in [-0.15, -0.1) is 12.4 Å². The van der Waals surface area contributed by atoms with E-state index in [1.54, 1.807) is 18.6 Å². The highest BCUT2D eigenvalue weighted by Gasteiger charge is 1.97. The summed E-state index contributed by atoms with van der Waals surface area (Å²) in [5.74, 6) is 1.21. The summed E-state index contributed by atoms with van der Waals surface area (Å²) < 4.78 is 5.46. The molecule has 16 heavy (non-hydrogen) atoms. The van der Waals surface area contributed by atoms with Crippen LogP contribution >= 0.6 is 12.4 Å². The summed E-state index contributed by atoms with van der Waals surface area (Å²) in [5, 5.41) is 0. The maximum atomic E-state index is 5.49. The SMILES string of the molecule is Cl.NCc1ccc(Oc2cnccn2)cc1. The van der Waals surface area contributed by atoms with Gasteiger partial charge in [-0.3, -0.25) is 4.98 Å². The Bertz CT molecular complexity index is 419. The molecule has 0 unspecified atom stereocenters. The van der Waals surface area contributed by atoms with Gasteiger partial charge in [-0.25, -0.2) is 4.98 Å². The zero-order valence-electron chi connectivity index (χ0n) is 8.54. The van der Waals surface area contributed by atoms with Crippen LogP contribution in [0.15, 0.2) is 42.9 Å². The van der Waals surface area contributed by atoms with Gasteiger partial charge in [0.1, 0.15) is 5.75 Å². The van der Waals surface area contributed by atoms with Crippen molar-refractivity contribution in [3.63, 3.8) is 0 Å². The molecule has 0 aliphatic rings. The number of nitrogens with zero attached hydrogens (tertiary/aromatic N) is 2. The first-order valence-electron chi connectivity index (χ1n) is 4.61. The summed E-state index contributed by atoms with van der Waals surface area (Å²) in [6.45, 7) is 0.533. The predicted octanol–water partition coefficient (Wildman–Crippen LogP) is 2.15. The molecule has 5 heteroatoms. The van der Waals surface area contributed by atoms with E-state index >= 15 is 0 Å². The smallest absolute Gasteiger partial charge is 0.237 e. The normalized spacial score (nSPS) is 9.31. The maximum Gasteiger partial charge on any atom is 0.237 e. The van der Waals surface area contributed by atoms with Crippen LogP contribution in [0.1, 0.15) is 5.56 Å². The molecule has 84 valence electrons. The average molecular weight is 238 g/mol. The number of benzene rings is 1. The highest BCUT2D eigenvalue weighted by molar-refractivity contribution is 5.85. The van der Waals surface area contributed by atoms with E-state index in [9.17, 15) is 0 Å². The highest BCUT2D eigenvalue weighted by Crippen LogP contribution is 2.18. The molecule has 0 spiro atoms. The Balaban J connectivity index is 0.00000128. The van der Waals surface area contributed by atoms with Crippen molar-refractivity contribution in [2.75, 3.05) is 0 Å². The minimum Gasteiger partial charge on any atom is -0.438 e. The first-order valence-corrected chi connectivity index (χ1v) is 4.61. The number of hydrogen-bond donors (Lipinski definition) is 1. The van der Waals surface area contributed by atoms with Crippen LogP contribution in [-0.4, -0.2) is 9.97 Å². The molecule has 0 aliphatic heterocycles. The van der Waals surface area contributed by atoms with Gasteiger partial charge < -0.3 is 10.5 Å². The third-order valence-corrected chi connectivity index (χ3v) is 1.92. The quantitative estimate of drug-likeness (QED) is 0.889. The Hall–Kier alpha value is -1.65. The van der Waals surface area contributed by atoms with Gasteiger partial charge in [-0.2, -0.15) is 0 Å². The van der Waals surface area contributed by atoms with Gasteiger partial charge in [0.25, 0.3) is 0 Å². The number of nitrogens with two attached hydrogens (primary N) is 1. The zero-order chi connectivity index (χ0) is 10.5. The van der Waals surface area contributed by atoms with Crippen LogP contribution in [0.2, 0.25) is 0 Å². The lowest BCUT2D eigenvalue weighted by Gasteiger charge is -2.04. The third kappa shape index (κ3) is 3.18. The van der Waals surface area contributed by atoms with Crippen LogP contribution < -0.4 is 10.5 Å². The van der Waals surface area contributed by atoms with E-state index in [-0.39, 0.29) is 12.4 Å². The lowest BCUT2D eigenvalue weighted by molar-refractivity contribution is 0.460. The summed E-state index contributed by atoms with van der Waals surface area (Å²) in [4.78, 5) is 7.91. The van der Waals surface area contributed by atoms with E-state index in [0.29, 0.717) is 12.4 Å². The first-order chi connectivity index (χ1) is 7.38. The van der Waals surface area contributed by atoms with E-state index in [4.69, 9.17) is 10.5 Å². The van der Waals surface area contributed by atoms with Crippen molar-refractivity contribution in [3.05, 3.63) is 48.4 Å². The molecule has 1 aromatic carbocycles. The van der Waals surface area contributed by atoms with Gasteiger partial charge in [-0.05, 0) is 17.7 Å². The predicted molar refractivity (Wildman–Crippen MR) is 63.7 cm³/mol. The Labute approximate surface area is 99.9 Å². The minimum absolute atomic E-state index is 0. The number of halogens is 1. The van der Waals surface area contributed by atoms with E-state index in [0.717, 1.165) is 11.3 Å². The summed E-state index contributed by atoms with van der Waals surface area (Å²) >= 11 is 0. The fraction of sp³-hybridized carbons (Fsp3) is 0.0909. The van der Waals surface area contributed by atoms with E-state index in [2.05, 4.69) is 9.97 Å². The van der Waals surface area contributed by atoms with Crippen LogP contribution in [0.4, 0.5) is 0 Å². The molecule has 0 saturated carbocycles. The third-order valence-electron chi connectivity index (χ3n) is 1.92. The summed E-state index contributed by atoms with van der Waals surface area (Å²) in [5.41, 5.74) is 6.56. The number of ether oxygens (including phenoxy) is 1. The monoisotopic (exact) mass is 237 g/mol. The number of hydrogen-bond acceptors (Lipinski definition) is 4. The van der Waals surface area contributed by atoms with Gasteiger partial charge in [0.15, 0.2) is 0 Å². The molecular formula is C11H12ClN3O. The molecule has 2 N–H and O–H groups in total. The topological polar surface area (TPSA) is 61.0 Å². The maximum absolute atomic E-state index is 5.49. The number of aromatic nitrogens is 2. The molecule has 0 bridgehead atoms. The second kappa shape index (κ2) is 6.05. The molecule has 1 heterocycles. The molecule has 0 atom stereocenters. The lowest BCUT2D eigenvalue weighted by atomic mass is 10.2. The molecular weight excluding hydrogens is 226 g/mol.